The van der Waals surface area contributed by atoms with Crippen LogP contribution in [0, 0.1) is 11.8 Å². The van der Waals surface area contributed by atoms with Gasteiger partial charge in [0.25, 0.3) is 0 Å². The summed E-state index contributed by atoms with van der Waals surface area (Å²) >= 11 is 0. The molecule has 0 heterocycles. The lowest BCUT2D eigenvalue weighted by atomic mass is 9.87. The predicted molar refractivity (Wildman–Crippen MR) is 47.1 cm³/mol. The van der Waals surface area contributed by atoms with Crippen LogP contribution in [-0.2, 0) is 9.47 Å². The van der Waals surface area contributed by atoms with Gasteiger partial charge in [0.05, 0.1) is 0 Å². The predicted octanol–water partition coefficient (Wildman–Crippen LogP) is 2.50. The minimum absolute atomic E-state index is 0.00785. The van der Waals surface area contributed by atoms with Crippen LogP contribution in [0.5, 0.6) is 0 Å². The zero-order chi connectivity index (χ0) is 11.1. The highest BCUT2D eigenvalue weighted by Crippen LogP contribution is 2.55. The Hall–Kier alpha value is -0.550. The van der Waals surface area contributed by atoms with Crippen molar-refractivity contribution in [3.8, 4) is 0 Å². The summed E-state index contributed by atoms with van der Waals surface area (Å²) in [4.78, 5) is 0. The lowest BCUT2D eigenvalue weighted by Gasteiger charge is -2.36. The standard InChI is InChI=1S/C10H13F3O2/c1-14-6-15-9(10(11,12)13)5-7-2-3-8(9)4-7/h2-3,7-8H,4-6H2,1H3. The second-order valence-electron chi connectivity index (χ2n) is 4.13. The van der Waals surface area contributed by atoms with Gasteiger partial charge in [-0.3, -0.25) is 0 Å². The molecule has 2 aliphatic carbocycles. The number of ether oxygens (including phenoxy) is 2. The third kappa shape index (κ3) is 1.58. The molecule has 0 aromatic carbocycles. The molecule has 0 saturated heterocycles. The normalized spacial score (nSPS) is 38.9. The Morgan fingerprint density at radius 2 is 2.13 bits per heavy atom. The first-order chi connectivity index (χ1) is 6.99. The van der Waals surface area contributed by atoms with Crippen molar-refractivity contribution < 1.29 is 22.6 Å². The fourth-order valence-electron chi connectivity index (χ4n) is 2.55. The van der Waals surface area contributed by atoms with Gasteiger partial charge in [-0.15, -0.1) is 0 Å². The molecule has 0 N–H and O–H groups in total. The molecule has 0 radical (unpaired) electrons. The molecular formula is C10H13F3O2. The van der Waals surface area contributed by atoms with Crippen molar-refractivity contribution in [1.29, 1.82) is 0 Å². The summed E-state index contributed by atoms with van der Waals surface area (Å²) in [5, 5.41) is 0. The van der Waals surface area contributed by atoms with Crippen LogP contribution < -0.4 is 0 Å². The monoisotopic (exact) mass is 222 g/mol. The maximum Gasteiger partial charge on any atom is 0.418 e. The number of allylic oxidation sites excluding steroid dienone is 1. The maximum atomic E-state index is 13.0. The number of halogens is 3. The van der Waals surface area contributed by atoms with E-state index in [1.807, 2.05) is 6.08 Å². The van der Waals surface area contributed by atoms with Crippen LogP contribution in [0.15, 0.2) is 12.2 Å². The molecule has 0 aromatic rings. The third-order valence-corrected chi connectivity index (χ3v) is 3.25. The first kappa shape index (κ1) is 11.0. The highest BCUT2D eigenvalue weighted by atomic mass is 19.4. The van der Waals surface area contributed by atoms with E-state index in [0.717, 1.165) is 0 Å². The average Bonchev–Trinajstić information content (AvgIpc) is 2.72. The molecule has 0 spiro atoms. The Balaban J connectivity index is 2.21. The van der Waals surface area contributed by atoms with Gasteiger partial charge >= 0.3 is 6.18 Å². The van der Waals surface area contributed by atoms with Crippen molar-refractivity contribution in [3.63, 3.8) is 0 Å². The summed E-state index contributed by atoms with van der Waals surface area (Å²) in [7, 11) is 1.33. The Morgan fingerprint density at radius 3 is 2.53 bits per heavy atom. The van der Waals surface area contributed by atoms with Crippen LogP contribution >= 0.6 is 0 Å². The molecule has 2 rings (SSSR count). The van der Waals surface area contributed by atoms with Gasteiger partial charge in [0.1, 0.15) is 6.79 Å². The Labute approximate surface area is 86.0 Å². The topological polar surface area (TPSA) is 18.5 Å². The number of fused-ring (bicyclic) bond motifs is 2. The van der Waals surface area contributed by atoms with Crippen molar-refractivity contribution in [2.24, 2.45) is 11.8 Å². The van der Waals surface area contributed by atoms with Gasteiger partial charge in [-0.05, 0) is 18.8 Å². The van der Waals surface area contributed by atoms with Crippen LogP contribution in [0.3, 0.4) is 0 Å². The maximum absolute atomic E-state index is 13.0. The van der Waals surface area contributed by atoms with E-state index in [2.05, 4.69) is 4.74 Å². The molecule has 3 unspecified atom stereocenters. The van der Waals surface area contributed by atoms with E-state index < -0.39 is 17.7 Å². The molecule has 2 aliphatic rings. The van der Waals surface area contributed by atoms with Crippen LogP contribution in [0.25, 0.3) is 0 Å². The van der Waals surface area contributed by atoms with E-state index in [4.69, 9.17) is 4.74 Å². The molecule has 2 nitrogen and oxygen atoms in total. The minimum atomic E-state index is -4.32. The zero-order valence-electron chi connectivity index (χ0n) is 8.38. The number of methoxy groups -OCH3 is 1. The van der Waals surface area contributed by atoms with E-state index >= 15 is 0 Å². The second-order valence-corrected chi connectivity index (χ2v) is 4.13. The highest BCUT2D eigenvalue weighted by Gasteiger charge is 2.65. The molecule has 5 heteroatoms. The average molecular weight is 222 g/mol. The number of rotatable bonds is 3. The molecule has 1 fully saturated rings. The number of hydrogen-bond acceptors (Lipinski definition) is 2. The van der Waals surface area contributed by atoms with Crippen molar-refractivity contribution in [2.45, 2.75) is 24.6 Å². The Kier molecular flexibility index (Phi) is 2.55. The SMILES string of the molecule is COCOC1(C(F)(F)F)CC2C=CC1C2. The van der Waals surface area contributed by atoms with E-state index in [1.54, 1.807) is 6.08 Å². The largest absolute Gasteiger partial charge is 0.418 e. The Morgan fingerprint density at radius 1 is 1.40 bits per heavy atom. The van der Waals surface area contributed by atoms with Crippen molar-refractivity contribution in [3.05, 3.63) is 12.2 Å². The molecule has 0 aliphatic heterocycles. The zero-order valence-corrected chi connectivity index (χ0v) is 8.38. The summed E-state index contributed by atoms with van der Waals surface area (Å²) in [5.74, 6) is -0.536. The molecule has 1 saturated carbocycles. The quantitative estimate of drug-likeness (QED) is 0.539. The summed E-state index contributed by atoms with van der Waals surface area (Å²) in [6, 6.07) is 0. The summed E-state index contributed by atoms with van der Waals surface area (Å²) in [5.41, 5.74) is -2.01. The van der Waals surface area contributed by atoms with Crippen LogP contribution in [0.1, 0.15) is 12.8 Å². The first-order valence-corrected chi connectivity index (χ1v) is 4.87. The molecular weight excluding hydrogens is 209 g/mol. The van der Waals surface area contributed by atoms with Gasteiger partial charge < -0.3 is 9.47 Å². The molecule has 0 aromatic heterocycles. The van der Waals surface area contributed by atoms with E-state index in [9.17, 15) is 13.2 Å². The number of alkyl halides is 3. The van der Waals surface area contributed by atoms with Gasteiger partial charge in [-0.1, -0.05) is 12.2 Å². The van der Waals surface area contributed by atoms with Gasteiger partial charge in [-0.25, -0.2) is 0 Å². The molecule has 0 amide bonds. The highest BCUT2D eigenvalue weighted by molar-refractivity contribution is 5.19. The van der Waals surface area contributed by atoms with E-state index in [-0.39, 0.29) is 19.1 Å². The van der Waals surface area contributed by atoms with E-state index in [1.165, 1.54) is 7.11 Å². The van der Waals surface area contributed by atoms with Gasteiger partial charge in [0.15, 0.2) is 5.60 Å². The van der Waals surface area contributed by atoms with Gasteiger partial charge in [0.2, 0.25) is 0 Å². The molecule has 2 bridgehead atoms. The van der Waals surface area contributed by atoms with Crippen molar-refractivity contribution in [2.75, 3.05) is 13.9 Å². The van der Waals surface area contributed by atoms with E-state index in [0.29, 0.717) is 6.42 Å². The first-order valence-electron chi connectivity index (χ1n) is 4.87. The smallest absolute Gasteiger partial charge is 0.359 e. The fraction of sp³-hybridized carbons (Fsp3) is 0.800. The minimum Gasteiger partial charge on any atom is -0.359 e. The lowest BCUT2D eigenvalue weighted by Crippen LogP contribution is -2.51. The van der Waals surface area contributed by atoms with Crippen LogP contribution in [-0.4, -0.2) is 25.7 Å². The Bertz CT molecular complexity index is 274. The van der Waals surface area contributed by atoms with Gasteiger partial charge in [-0.2, -0.15) is 13.2 Å². The lowest BCUT2D eigenvalue weighted by molar-refractivity contribution is -0.305. The summed E-state index contributed by atoms with van der Waals surface area (Å²) in [6.07, 6.45) is -0.276. The summed E-state index contributed by atoms with van der Waals surface area (Å²) in [6.45, 7) is -0.309. The second kappa shape index (κ2) is 3.49. The fourth-order valence-corrected chi connectivity index (χ4v) is 2.55. The third-order valence-electron chi connectivity index (χ3n) is 3.25. The molecule has 86 valence electrons. The van der Waals surface area contributed by atoms with Crippen LogP contribution in [0.4, 0.5) is 13.2 Å². The summed E-state index contributed by atoms with van der Waals surface area (Å²) < 4.78 is 48.5. The van der Waals surface area contributed by atoms with Crippen molar-refractivity contribution in [1.82, 2.24) is 0 Å². The van der Waals surface area contributed by atoms with Crippen molar-refractivity contribution >= 4 is 0 Å². The molecule has 15 heavy (non-hydrogen) atoms. The van der Waals surface area contributed by atoms with Gasteiger partial charge in [0, 0.05) is 13.0 Å². The molecule has 3 atom stereocenters. The van der Waals surface area contributed by atoms with Crippen LogP contribution in [0.2, 0.25) is 0 Å². The number of hydrogen-bond donors (Lipinski definition) is 0.